The number of aromatic nitrogens is 2. The summed E-state index contributed by atoms with van der Waals surface area (Å²) in [4.78, 5) is 38.6. The van der Waals surface area contributed by atoms with Crippen LogP contribution in [0.4, 0.5) is 0 Å². The lowest BCUT2D eigenvalue weighted by Crippen LogP contribution is -2.41. The fourth-order valence-electron chi connectivity index (χ4n) is 4.93. The summed E-state index contributed by atoms with van der Waals surface area (Å²) in [5.74, 6) is -0.118. The third kappa shape index (κ3) is 4.35. The van der Waals surface area contributed by atoms with E-state index in [9.17, 15) is 14.4 Å². The highest BCUT2D eigenvalue weighted by molar-refractivity contribution is 5.94. The van der Waals surface area contributed by atoms with Crippen LogP contribution in [0.15, 0.2) is 95.0 Å². The summed E-state index contributed by atoms with van der Waals surface area (Å²) >= 11 is 0. The summed E-state index contributed by atoms with van der Waals surface area (Å²) in [6.45, 7) is 4.20. The summed E-state index contributed by atoms with van der Waals surface area (Å²) < 4.78 is 2.93. The van der Waals surface area contributed by atoms with E-state index < -0.39 is 11.1 Å². The number of hydrogen-bond donors (Lipinski definition) is 1. The molecular weight excluding hydrogens is 438 g/mol. The normalized spacial score (nSPS) is 14.9. The van der Waals surface area contributed by atoms with Crippen molar-refractivity contribution in [1.29, 1.82) is 0 Å². The van der Waals surface area contributed by atoms with Gasteiger partial charge in [-0.25, -0.2) is 0 Å². The predicted molar refractivity (Wildman–Crippen MR) is 138 cm³/mol. The molecule has 0 bridgehead atoms. The zero-order valence-electron chi connectivity index (χ0n) is 19.4. The molecule has 0 saturated heterocycles. The molecule has 1 atom stereocenters. The van der Waals surface area contributed by atoms with Crippen molar-refractivity contribution in [3.63, 3.8) is 0 Å². The molecule has 0 saturated carbocycles. The van der Waals surface area contributed by atoms with Crippen LogP contribution in [0.25, 0.3) is 11.0 Å². The Bertz CT molecular complexity index is 1530. The third-order valence-corrected chi connectivity index (χ3v) is 6.68. The van der Waals surface area contributed by atoms with Crippen molar-refractivity contribution in [1.82, 2.24) is 14.5 Å². The maximum atomic E-state index is 12.9. The van der Waals surface area contributed by atoms with Crippen molar-refractivity contribution in [2.45, 2.75) is 38.4 Å². The van der Waals surface area contributed by atoms with Gasteiger partial charge in [-0.15, -0.1) is 6.58 Å². The second-order valence-corrected chi connectivity index (χ2v) is 8.90. The lowest BCUT2D eigenvalue weighted by molar-refractivity contribution is 0.0932. The second-order valence-electron chi connectivity index (χ2n) is 8.90. The van der Waals surface area contributed by atoms with Crippen molar-refractivity contribution in [2.75, 3.05) is 0 Å². The Hall–Kier alpha value is -4.19. The van der Waals surface area contributed by atoms with Gasteiger partial charge < -0.3 is 5.32 Å². The molecule has 1 aliphatic carbocycles. The van der Waals surface area contributed by atoms with Crippen molar-refractivity contribution in [2.24, 2.45) is 0 Å². The number of amides is 1. The fraction of sp³-hybridized carbons (Fsp3) is 0.207. The summed E-state index contributed by atoms with van der Waals surface area (Å²) in [6.07, 6.45) is 4.63. The molecule has 1 heterocycles. The number of nitrogens with one attached hydrogen (secondary N) is 1. The number of fused-ring (bicyclic) bond motifs is 2. The number of allylic oxidation sites excluding steroid dienone is 1. The first kappa shape index (κ1) is 22.6. The summed E-state index contributed by atoms with van der Waals surface area (Å²) in [5.41, 5.74) is 4.09. The van der Waals surface area contributed by atoms with Crippen LogP contribution in [0.5, 0.6) is 0 Å². The molecule has 0 radical (unpaired) electrons. The van der Waals surface area contributed by atoms with Gasteiger partial charge in [0.05, 0.1) is 23.6 Å². The summed E-state index contributed by atoms with van der Waals surface area (Å²) in [7, 11) is 0. The van der Waals surface area contributed by atoms with Crippen LogP contribution in [0.2, 0.25) is 0 Å². The van der Waals surface area contributed by atoms with Gasteiger partial charge in [0, 0.05) is 12.1 Å². The van der Waals surface area contributed by atoms with Crippen LogP contribution in [0.3, 0.4) is 0 Å². The number of carbonyl (C=O) groups is 1. The number of hydrogen-bond acceptors (Lipinski definition) is 3. The largest absolute Gasteiger partial charge is 0.345 e. The van der Waals surface area contributed by atoms with Gasteiger partial charge in [0.15, 0.2) is 0 Å². The first-order valence-corrected chi connectivity index (χ1v) is 11.9. The highest BCUT2D eigenvalue weighted by Gasteiger charge is 2.22. The number of nitrogens with zero attached hydrogens (tertiary/aromatic N) is 2. The minimum absolute atomic E-state index is 0.0131. The van der Waals surface area contributed by atoms with Gasteiger partial charge in [0.1, 0.15) is 0 Å². The predicted octanol–water partition coefficient (Wildman–Crippen LogP) is 4.20. The highest BCUT2D eigenvalue weighted by Crippen LogP contribution is 2.29. The number of rotatable bonds is 6. The van der Waals surface area contributed by atoms with Gasteiger partial charge in [-0.05, 0) is 60.2 Å². The highest BCUT2D eigenvalue weighted by atomic mass is 16.2. The van der Waals surface area contributed by atoms with E-state index in [2.05, 4.69) is 24.0 Å². The van der Waals surface area contributed by atoms with Crippen LogP contribution in [0.1, 0.15) is 45.9 Å². The van der Waals surface area contributed by atoms with Crippen molar-refractivity contribution >= 4 is 16.9 Å². The molecule has 35 heavy (non-hydrogen) atoms. The topological polar surface area (TPSA) is 73.1 Å². The molecule has 6 nitrogen and oxygen atoms in total. The van der Waals surface area contributed by atoms with Gasteiger partial charge in [0.25, 0.3) is 5.91 Å². The average molecular weight is 466 g/mol. The maximum Gasteiger partial charge on any atom is 0.317 e. The Morgan fingerprint density at radius 3 is 2.31 bits per heavy atom. The lowest BCUT2D eigenvalue weighted by atomic mass is 9.87. The van der Waals surface area contributed by atoms with E-state index in [1.807, 2.05) is 48.5 Å². The van der Waals surface area contributed by atoms with Crippen LogP contribution >= 0.6 is 0 Å². The first-order valence-electron chi connectivity index (χ1n) is 11.9. The van der Waals surface area contributed by atoms with E-state index >= 15 is 0 Å². The molecule has 0 aliphatic heterocycles. The van der Waals surface area contributed by atoms with E-state index in [0.29, 0.717) is 16.6 Å². The Kier molecular flexibility index (Phi) is 6.19. The van der Waals surface area contributed by atoms with Gasteiger partial charge >= 0.3 is 11.1 Å². The molecule has 0 spiro atoms. The molecule has 3 aromatic carbocycles. The Labute approximate surface area is 203 Å². The molecule has 176 valence electrons. The molecule has 5 rings (SSSR count). The van der Waals surface area contributed by atoms with Crippen molar-refractivity contribution in [3.05, 3.63) is 128 Å². The molecule has 1 N–H and O–H groups in total. The first-order chi connectivity index (χ1) is 17.1. The number of carbonyl (C=O) groups excluding carboxylic acids is 1. The monoisotopic (exact) mass is 465 g/mol. The van der Waals surface area contributed by atoms with Crippen LogP contribution in [0, 0.1) is 0 Å². The second kappa shape index (κ2) is 9.58. The lowest BCUT2D eigenvalue weighted by Gasteiger charge is -2.26. The van der Waals surface area contributed by atoms with E-state index in [4.69, 9.17) is 0 Å². The Morgan fingerprint density at radius 1 is 0.914 bits per heavy atom. The van der Waals surface area contributed by atoms with Gasteiger partial charge in [-0.1, -0.05) is 54.6 Å². The number of para-hydroxylation sites is 2. The molecule has 0 fully saturated rings. The minimum Gasteiger partial charge on any atom is -0.345 e. The van der Waals surface area contributed by atoms with Crippen molar-refractivity contribution in [3.8, 4) is 0 Å². The third-order valence-electron chi connectivity index (χ3n) is 6.68. The quantitative estimate of drug-likeness (QED) is 0.343. The zero-order chi connectivity index (χ0) is 24.4. The molecule has 1 amide bonds. The van der Waals surface area contributed by atoms with Crippen molar-refractivity contribution < 1.29 is 4.79 Å². The number of benzene rings is 3. The van der Waals surface area contributed by atoms with Gasteiger partial charge in [-0.3, -0.25) is 23.5 Å². The molecule has 1 aliphatic rings. The Morgan fingerprint density at radius 2 is 1.57 bits per heavy atom. The van der Waals surface area contributed by atoms with Crippen LogP contribution < -0.4 is 16.4 Å². The minimum atomic E-state index is -0.580. The Balaban J connectivity index is 1.39. The van der Waals surface area contributed by atoms with E-state index in [-0.39, 0.29) is 25.0 Å². The SMILES string of the molecule is C=CCn1c(=O)c(=O)n(Cc2ccc(C(=O)N[C@@H]3CCCc4ccccc43)cc2)c2ccccc21. The van der Waals surface area contributed by atoms with Gasteiger partial charge in [0.2, 0.25) is 0 Å². The van der Waals surface area contributed by atoms with E-state index in [1.54, 1.807) is 18.2 Å². The molecule has 6 heteroatoms. The molecule has 1 aromatic heterocycles. The van der Waals surface area contributed by atoms with Crippen LogP contribution in [-0.4, -0.2) is 15.0 Å². The summed E-state index contributed by atoms with van der Waals surface area (Å²) in [6, 6.07) is 22.8. The molecule has 4 aromatic rings. The standard InChI is InChI=1S/C29H27N3O3/c1-2-18-31-25-12-5-6-13-26(25)32(29(35)28(31)34)19-20-14-16-22(17-15-20)27(33)30-24-11-7-9-21-8-3-4-10-23(21)24/h2-6,8,10,12-17,24H,1,7,9,11,18-19H2,(H,30,33)/t24-/m1/s1. The number of aryl methyl sites for hydroxylation is 1. The smallest absolute Gasteiger partial charge is 0.317 e. The molecule has 0 unspecified atom stereocenters. The summed E-state index contributed by atoms with van der Waals surface area (Å²) in [5, 5.41) is 3.17. The van der Waals surface area contributed by atoms with E-state index in [1.165, 1.54) is 20.3 Å². The average Bonchev–Trinajstić information content (AvgIpc) is 2.89. The van der Waals surface area contributed by atoms with Gasteiger partial charge in [-0.2, -0.15) is 0 Å². The van der Waals surface area contributed by atoms with E-state index in [0.717, 1.165) is 24.8 Å². The van der Waals surface area contributed by atoms with Crippen LogP contribution in [-0.2, 0) is 19.5 Å². The zero-order valence-corrected chi connectivity index (χ0v) is 19.4. The fourth-order valence-corrected chi connectivity index (χ4v) is 4.93. The maximum absolute atomic E-state index is 12.9. The molecular formula is C29H27N3O3.